The van der Waals surface area contributed by atoms with Gasteiger partial charge >= 0.3 is 0 Å². The van der Waals surface area contributed by atoms with Crippen molar-refractivity contribution >= 4 is 39.3 Å². The summed E-state index contributed by atoms with van der Waals surface area (Å²) in [6, 6.07) is 26.4. The van der Waals surface area contributed by atoms with Gasteiger partial charge in [0, 0.05) is 11.1 Å². The van der Waals surface area contributed by atoms with Crippen LogP contribution in [0.25, 0.3) is 0 Å². The molecule has 0 aliphatic heterocycles. The normalized spacial score (nSPS) is 20.7. The molecule has 2 aliphatic rings. The molecule has 1 heterocycles. The van der Waals surface area contributed by atoms with E-state index in [1.807, 2.05) is 60.7 Å². The summed E-state index contributed by atoms with van der Waals surface area (Å²) >= 11 is 6.06. The van der Waals surface area contributed by atoms with Crippen LogP contribution in [0.1, 0.15) is 73.0 Å². The number of rotatable bonds is 14. The highest BCUT2D eigenvalue weighted by atomic mass is 35.5. The second-order valence-electron chi connectivity index (χ2n) is 13.1. The summed E-state index contributed by atoms with van der Waals surface area (Å²) in [5.74, 6) is -0.945. The van der Waals surface area contributed by atoms with Gasteiger partial charge in [-0.25, -0.2) is 13.1 Å². The van der Waals surface area contributed by atoms with Crippen molar-refractivity contribution in [2.24, 2.45) is 0 Å². The summed E-state index contributed by atoms with van der Waals surface area (Å²) < 4.78 is 42.7. The van der Waals surface area contributed by atoms with Gasteiger partial charge in [0.15, 0.2) is 5.82 Å². The standard InChI is InChI=1S/C38H44ClN5O6S/c39-29-16-11-17-30(22-29)51(47,48)43-36-23-33(38(46)41-32-19-8-10-21-35(32)50-26-28-14-5-2-6-15-28)44(42-36)24-37(45)40-31-18-7-9-20-34(31)49-25-27-12-3-1-4-13-27/h1-6,11-17,22-23,31-32,34-35H,7-10,18-21,24-26H2,(H,40,45)(H,41,46)(H,42,43)/t31-,32-,34-,35-/m0/s1. The summed E-state index contributed by atoms with van der Waals surface area (Å²) in [7, 11) is -4.10. The molecule has 51 heavy (non-hydrogen) atoms. The molecular weight excluding hydrogens is 690 g/mol. The van der Waals surface area contributed by atoms with Crippen molar-refractivity contribution in [3.8, 4) is 0 Å². The zero-order chi connectivity index (χ0) is 35.6. The van der Waals surface area contributed by atoms with Crippen molar-refractivity contribution in [1.29, 1.82) is 0 Å². The third kappa shape index (κ3) is 10.2. The molecule has 3 N–H and O–H groups in total. The van der Waals surface area contributed by atoms with Crippen LogP contribution in [0.4, 0.5) is 5.82 Å². The Morgan fingerprint density at radius 1 is 0.745 bits per heavy atom. The van der Waals surface area contributed by atoms with Crippen LogP contribution in [0.2, 0.25) is 5.02 Å². The van der Waals surface area contributed by atoms with E-state index >= 15 is 0 Å². The minimum atomic E-state index is -4.10. The highest BCUT2D eigenvalue weighted by molar-refractivity contribution is 7.92. The summed E-state index contributed by atoms with van der Waals surface area (Å²) in [5.41, 5.74) is 2.14. The molecule has 0 bridgehead atoms. The van der Waals surface area contributed by atoms with Gasteiger partial charge in [0.2, 0.25) is 5.91 Å². The number of amides is 2. The molecule has 1 aromatic heterocycles. The third-order valence-electron chi connectivity index (χ3n) is 9.33. The average Bonchev–Trinajstić information content (AvgIpc) is 3.52. The zero-order valence-corrected chi connectivity index (χ0v) is 30.0. The number of hydrogen-bond acceptors (Lipinski definition) is 7. The maximum Gasteiger partial charge on any atom is 0.269 e. The first-order valence-electron chi connectivity index (χ1n) is 17.5. The maximum atomic E-state index is 13.9. The van der Waals surface area contributed by atoms with Crippen LogP contribution in [-0.4, -0.2) is 54.3 Å². The summed E-state index contributed by atoms with van der Waals surface area (Å²) in [5, 5.41) is 10.8. The molecule has 0 radical (unpaired) electrons. The first-order chi connectivity index (χ1) is 24.7. The number of ether oxygens (including phenoxy) is 2. The topological polar surface area (TPSA) is 141 Å². The molecule has 0 saturated heterocycles. The van der Waals surface area contributed by atoms with E-state index < -0.39 is 15.9 Å². The number of carbonyl (C=O) groups is 2. The highest BCUT2D eigenvalue weighted by Crippen LogP contribution is 2.25. The Hall–Kier alpha value is -4.23. The highest BCUT2D eigenvalue weighted by Gasteiger charge is 2.31. The zero-order valence-electron chi connectivity index (χ0n) is 28.4. The molecule has 2 aliphatic carbocycles. The Balaban J connectivity index is 1.18. The SMILES string of the molecule is O=C(Cn1nc(NS(=O)(=O)c2cccc(Cl)c2)cc1C(=O)N[C@H]1CCCC[C@@H]1OCc1ccccc1)N[C@H]1CCCC[C@@H]1OCc1ccccc1. The Bertz CT molecular complexity index is 1870. The van der Waals surface area contributed by atoms with Gasteiger partial charge in [0.25, 0.3) is 15.9 Å². The van der Waals surface area contributed by atoms with E-state index in [1.165, 1.54) is 28.9 Å². The largest absolute Gasteiger partial charge is 0.371 e. The summed E-state index contributed by atoms with van der Waals surface area (Å²) in [4.78, 5) is 27.4. The van der Waals surface area contributed by atoms with E-state index in [1.54, 1.807) is 6.07 Å². The molecule has 270 valence electrons. The predicted molar refractivity (Wildman–Crippen MR) is 195 cm³/mol. The monoisotopic (exact) mass is 733 g/mol. The van der Waals surface area contributed by atoms with Gasteiger partial charge in [-0.3, -0.25) is 14.3 Å². The first kappa shape index (κ1) is 36.6. The van der Waals surface area contributed by atoms with Crippen LogP contribution in [0.5, 0.6) is 0 Å². The lowest BCUT2D eigenvalue weighted by molar-refractivity contribution is -0.124. The van der Waals surface area contributed by atoms with E-state index in [0.717, 1.165) is 62.5 Å². The lowest BCUT2D eigenvalue weighted by Gasteiger charge is -2.32. The van der Waals surface area contributed by atoms with Crippen molar-refractivity contribution in [2.75, 3.05) is 4.72 Å². The van der Waals surface area contributed by atoms with Gasteiger partial charge in [-0.15, -0.1) is 0 Å². The van der Waals surface area contributed by atoms with Crippen LogP contribution in [0.15, 0.2) is 95.9 Å². The molecule has 6 rings (SSSR count). The number of nitrogens with one attached hydrogen (secondary N) is 3. The van der Waals surface area contributed by atoms with Gasteiger partial charge in [-0.1, -0.05) is 104 Å². The number of benzene rings is 3. The second-order valence-corrected chi connectivity index (χ2v) is 15.2. The van der Waals surface area contributed by atoms with Crippen molar-refractivity contribution < 1.29 is 27.5 Å². The number of hydrogen-bond donors (Lipinski definition) is 3. The Labute approximate surface area is 304 Å². The Kier molecular flexibility index (Phi) is 12.4. The summed E-state index contributed by atoms with van der Waals surface area (Å²) in [6.45, 7) is 0.555. The van der Waals surface area contributed by atoms with Gasteiger partial charge in [-0.2, -0.15) is 5.10 Å². The fourth-order valence-corrected chi connectivity index (χ4v) is 8.00. The molecule has 13 heteroatoms. The van der Waals surface area contributed by atoms with Crippen LogP contribution in [-0.2, 0) is 44.1 Å². The smallest absolute Gasteiger partial charge is 0.269 e. The number of sulfonamides is 1. The number of halogens is 1. The average molecular weight is 734 g/mol. The van der Waals surface area contributed by atoms with Crippen LogP contribution in [0.3, 0.4) is 0 Å². The second kappa shape index (κ2) is 17.3. The van der Waals surface area contributed by atoms with E-state index in [0.29, 0.717) is 13.2 Å². The lowest BCUT2D eigenvalue weighted by Crippen LogP contribution is -2.48. The van der Waals surface area contributed by atoms with Crippen LogP contribution < -0.4 is 15.4 Å². The number of anilines is 1. The Morgan fingerprint density at radius 2 is 1.31 bits per heavy atom. The molecule has 3 aromatic carbocycles. The van der Waals surface area contributed by atoms with Crippen molar-refractivity contribution in [3.63, 3.8) is 0 Å². The number of nitrogens with zero attached hydrogens (tertiary/aromatic N) is 2. The molecule has 2 amide bonds. The molecule has 2 saturated carbocycles. The Morgan fingerprint density at radius 3 is 1.90 bits per heavy atom. The van der Waals surface area contributed by atoms with E-state index in [2.05, 4.69) is 20.5 Å². The molecule has 2 fully saturated rings. The van der Waals surface area contributed by atoms with Crippen molar-refractivity contribution in [3.05, 3.63) is 113 Å². The lowest BCUT2D eigenvalue weighted by atomic mass is 9.92. The van der Waals surface area contributed by atoms with Gasteiger partial charge in [0.05, 0.1) is 42.4 Å². The summed E-state index contributed by atoms with van der Waals surface area (Å²) in [6.07, 6.45) is 6.59. The fraction of sp³-hybridized carbons (Fsp3) is 0.395. The van der Waals surface area contributed by atoms with Crippen molar-refractivity contribution in [2.45, 2.75) is 100 Å². The van der Waals surface area contributed by atoms with Gasteiger partial charge in [-0.05, 0) is 55.0 Å². The van der Waals surface area contributed by atoms with Gasteiger partial charge in [0.1, 0.15) is 12.2 Å². The third-order valence-corrected chi connectivity index (χ3v) is 10.9. The minimum absolute atomic E-state index is 0.0434. The van der Waals surface area contributed by atoms with Crippen LogP contribution >= 0.6 is 11.6 Å². The first-order valence-corrected chi connectivity index (χ1v) is 19.4. The molecule has 4 aromatic rings. The quantitative estimate of drug-likeness (QED) is 0.139. The number of carbonyl (C=O) groups excluding carboxylic acids is 2. The van der Waals surface area contributed by atoms with E-state index in [9.17, 15) is 18.0 Å². The van der Waals surface area contributed by atoms with E-state index in [-0.39, 0.29) is 58.2 Å². The van der Waals surface area contributed by atoms with E-state index in [4.69, 9.17) is 21.1 Å². The van der Waals surface area contributed by atoms with Crippen molar-refractivity contribution in [1.82, 2.24) is 20.4 Å². The molecular formula is C38H44ClN5O6S. The molecule has 0 spiro atoms. The number of aromatic nitrogens is 2. The minimum Gasteiger partial charge on any atom is -0.371 e. The molecule has 11 nitrogen and oxygen atoms in total. The maximum absolute atomic E-state index is 13.9. The van der Waals surface area contributed by atoms with Crippen LogP contribution in [0, 0.1) is 0 Å². The predicted octanol–water partition coefficient (Wildman–Crippen LogP) is 6.24. The molecule has 0 unspecified atom stereocenters. The fourth-order valence-electron chi connectivity index (χ4n) is 6.71. The molecule has 4 atom stereocenters. The van der Waals surface area contributed by atoms with Gasteiger partial charge < -0.3 is 20.1 Å².